The molecule has 0 atom stereocenters. The van der Waals surface area contributed by atoms with E-state index in [2.05, 4.69) is 4.72 Å². The fourth-order valence-electron chi connectivity index (χ4n) is 3.40. The zero-order chi connectivity index (χ0) is 21.7. The third kappa shape index (κ3) is 5.21. The first-order valence-corrected chi connectivity index (χ1v) is 11.6. The molecule has 2 aliphatic rings. The first-order valence-electron chi connectivity index (χ1n) is 9.69. The molecule has 3 rings (SSSR count). The minimum Gasteiger partial charge on any atom is -0.491 e. The lowest BCUT2D eigenvalue weighted by atomic mass is 9.78. The second-order valence-electron chi connectivity index (χ2n) is 8.89. The third-order valence-electron chi connectivity index (χ3n) is 5.78. The molecule has 1 aliphatic heterocycles. The summed E-state index contributed by atoms with van der Waals surface area (Å²) < 4.78 is 70.9. The summed E-state index contributed by atoms with van der Waals surface area (Å²) in [5, 5.41) is 0. The maximum atomic E-state index is 13.5. The number of halogens is 2. The molecule has 1 aromatic rings. The number of hydrogen-bond donors (Lipinski definition) is 1. The number of nitrogens with one attached hydrogen (secondary N) is 1. The lowest BCUT2D eigenvalue weighted by Crippen LogP contribution is -2.41. The summed E-state index contributed by atoms with van der Waals surface area (Å²) in [6.45, 7) is 7.65. The smallest absolute Gasteiger partial charge is 0.491 e. The van der Waals surface area contributed by atoms with Gasteiger partial charge in [-0.3, -0.25) is 4.72 Å². The van der Waals surface area contributed by atoms with E-state index in [0.29, 0.717) is 16.9 Å². The third-order valence-corrected chi connectivity index (χ3v) is 6.38. The molecule has 1 aromatic carbocycles. The number of ether oxygens (including phenoxy) is 1. The van der Waals surface area contributed by atoms with Gasteiger partial charge in [0.1, 0.15) is 5.75 Å². The Bertz CT molecular complexity index is 849. The molecule has 1 heterocycles. The van der Waals surface area contributed by atoms with Gasteiger partial charge in [0.15, 0.2) is 0 Å². The Morgan fingerprint density at radius 1 is 1.10 bits per heavy atom. The van der Waals surface area contributed by atoms with Crippen LogP contribution in [0, 0.1) is 0 Å². The van der Waals surface area contributed by atoms with E-state index in [9.17, 15) is 17.2 Å². The van der Waals surface area contributed by atoms with Crippen LogP contribution in [0.25, 0.3) is 0 Å². The van der Waals surface area contributed by atoms with Crippen LogP contribution in [0.3, 0.4) is 0 Å². The Morgan fingerprint density at radius 3 is 2.17 bits per heavy atom. The maximum absolute atomic E-state index is 13.5. The number of anilines is 1. The van der Waals surface area contributed by atoms with Gasteiger partial charge in [-0.15, -0.1) is 0 Å². The van der Waals surface area contributed by atoms with Gasteiger partial charge in [0.05, 0.1) is 23.6 Å². The molecule has 0 amide bonds. The zero-order valence-electron chi connectivity index (χ0n) is 17.4. The molecule has 0 unspecified atom stereocenters. The van der Waals surface area contributed by atoms with Gasteiger partial charge in [-0.2, -0.15) is 0 Å². The van der Waals surface area contributed by atoms with E-state index in [-0.39, 0.29) is 31.8 Å². The molecular weight excluding hydrogens is 403 g/mol. The van der Waals surface area contributed by atoms with Crippen LogP contribution in [-0.2, 0) is 19.3 Å². The SMILES string of the molecule is CC1(C)OB(c2cc(NS(C)(=O)=O)ccc2OC2CCC(F)(F)CC2)OC1(C)C. The highest BCUT2D eigenvalue weighted by Gasteiger charge is 2.52. The molecule has 1 aliphatic carbocycles. The van der Waals surface area contributed by atoms with Gasteiger partial charge < -0.3 is 14.0 Å². The lowest BCUT2D eigenvalue weighted by Gasteiger charge is -2.32. The van der Waals surface area contributed by atoms with Gasteiger partial charge in [-0.1, -0.05) is 0 Å². The molecule has 6 nitrogen and oxygen atoms in total. The summed E-state index contributed by atoms with van der Waals surface area (Å²) >= 11 is 0. The van der Waals surface area contributed by atoms with Crippen molar-refractivity contribution in [3.05, 3.63) is 18.2 Å². The zero-order valence-corrected chi connectivity index (χ0v) is 18.2. The molecule has 0 aromatic heterocycles. The Balaban J connectivity index is 1.89. The molecule has 2 fully saturated rings. The van der Waals surface area contributed by atoms with Crippen molar-refractivity contribution in [1.29, 1.82) is 0 Å². The predicted molar refractivity (Wildman–Crippen MR) is 108 cm³/mol. The summed E-state index contributed by atoms with van der Waals surface area (Å²) in [4.78, 5) is 0. The highest BCUT2D eigenvalue weighted by Crippen LogP contribution is 2.38. The van der Waals surface area contributed by atoms with Gasteiger partial charge in [0, 0.05) is 24.0 Å². The topological polar surface area (TPSA) is 73.9 Å². The van der Waals surface area contributed by atoms with Crippen LogP contribution >= 0.6 is 0 Å². The van der Waals surface area contributed by atoms with Crippen LogP contribution in [0.2, 0.25) is 0 Å². The van der Waals surface area contributed by atoms with E-state index >= 15 is 0 Å². The quantitative estimate of drug-likeness (QED) is 0.725. The van der Waals surface area contributed by atoms with Gasteiger partial charge in [-0.05, 0) is 58.7 Å². The van der Waals surface area contributed by atoms with Gasteiger partial charge in [0.2, 0.25) is 15.9 Å². The van der Waals surface area contributed by atoms with Crippen LogP contribution in [0.15, 0.2) is 18.2 Å². The van der Waals surface area contributed by atoms with Crippen molar-refractivity contribution in [1.82, 2.24) is 0 Å². The maximum Gasteiger partial charge on any atom is 0.498 e. The van der Waals surface area contributed by atoms with E-state index in [0.717, 1.165) is 6.26 Å². The van der Waals surface area contributed by atoms with E-state index in [1.165, 1.54) is 0 Å². The molecular formula is C19H28BF2NO5S. The Hall–Kier alpha value is -1.39. The van der Waals surface area contributed by atoms with Crippen LogP contribution in [0.4, 0.5) is 14.5 Å². The summed E-state index contributed by atoms with van der Waals surface area (Å²) in [7, 11) is -4.25. The Kier molecular flexibility index (Phi) is 5.68. The predicted octanol–water partition coefficient (Wildman–Crippen LogP) is 3.31. The normalized spacial score (nSPS) is 23.8. The molecule has 1 saturated heterocycles. The van der Waals surface area contributed by atoms with E-state index in [1.807, 2.05) is 27.7 Å². The minimum atomic E-state index is -3.47. The average molecular weight is 431 g/mol. The lowest BCUT2D eigenvalue weighted by molar-refractivity contribution is -0.0581. The van der Waals surface area contributed by atoms with Crippen molar-refractivity contribution in [2.24, 2.45) is 0 Å². The molecule has 29 heavy (non-hydrogen) atoms. The fourth-order valence-corrected chi connectivity index (χ4v) is 3.95. The monoisotopic (exact) mass is 431 g/mol. The largest absolute Gasteiger partial charge is 0.498 e. The molecule has 0 bridgehead atoms. The highest BCUT2D eigenvalue weighted by molar-refractivity contribution is 7.92. The number of rotatable bonds is 5. The first-order chi connectivity index (χ1) is 13.2. The number of hydrogen-bond acceptors (Lipinski definition) is 5. The second kappa shape index (κ2) is 7.39. The summed E-state index contributed by atoms with van der Waals surface area (Å²) in [6.07, 6.45) is 0.797. The van der Waals surface area contributed by atoms with Gasteiger partial charge >= 0.3 is 7.12 Å². The van der Waals surface area contributed by atoms with Crippen molar-refractivity contribution in [3.8, 4) is 5.75 Å². The highest BCUT2D eigenvalue weighted by atomic mass is 32.2. The van der Waals surface area contributed by atoms with Crippen molar-refractivity contribution in [3.63, 3.8) is 0 Å². The number of benzene rings is 1. The van der Waals surface area contributed by atoms with E-state index < -0.39 is 34.3 Å². The molecule has 10 heteroatoms. The van der Waals surface area contributed by atoms with E-state index in [1.54, 1.807) is 18.2 Å². The first kappa shape index (κ1) is 22.3. The molecule has 162 valence electrons. The minimum absolute atomic E-state index is 0.211. The van der Waals surface area contributed by atoms with E-state index in [4.69, 9.17) is 14.0 Å². The number of alkyl halides is 2. The average Bonchev–Trinajstić information content (AvgIpc) is 2.77. The fraction of sp³-hybridized carbons (Fsp3) is 0.684. The second-order valence-corrected chi connectivity index (χ2v) is 10.6. The molecule has 1 saturated carbocycles. The van der Waals surface area contributed by atoms with Crippen molar-refractivity contribution in [2.75, 3.05) is 11.0 Å². The van der Waals surface area contributed by atoms with Gasteiger partial charge in [0.25, 0.3) is 0 Å². The van der Waals surface area contributed by atoms with Crippen molar-refractivity contribution < 1.29 is 31.2 Å². The standard InChI is InChI=1S/C19H28BF2NO5S/c1-17(2)18(3,4)28-20(27-17)15-12-13(23-29(5,24)25)6-7-16(15)26-14-8-10-19(21,22)11-9-14/h6-7,12,14,23H,8-11H2,1-5H3. The Labute approximate surface area is 171 Å². The molecule has 1 N–H and O–H groups in total. The summed E-state index contributed by atoms with van der Waals surface area (Å²) in [5.41, 5.74) is -0.320. The van der Waals surface area contributed by atoms with Crippen LogP contribution in [0.1, 0.15) is 53.4 Å². The molecule has 0 spiro atoms. The van der Waals surface area contributed by atoms with Crippen molar-refractivity contribution in [2.45, 2.75) is 76.6 Å². The van der Waals surface area contributed by atoms with Crippen LogP contribution in [0.5, 0.6) is 5.75 Å². The van der Waals surface area contributed by atoms with Crippen molar-refractivity contribution >= 4 is 28.3 Å². The molecule has 0 radical (unpaired) electrons. The Morgan fingerprint density at radius 2 is 1.66 bits per heavy atom. The van der Waals surface area contributed by atoms with Gasteiger partial charge in [-0.25, -0.2) is 17.2 Å². The summed E-state index contributed by atoms with van der Waals surface area (Å²) in [6, 6.07) is 4.80. The van der Waals surface area contributed by atoms with Crippen LogP contribution < -0.4 is 14.9 Å². The number of sulfonamides is 1. The summed E-state index contributed by atoms with van der Waals surface area (Å²) in [5.74, 6) is -2.20. The van der Waals surface area contributed by atoms with Crippen LogP contribution in [-0.4, -0.2) is 45.0 Å².